The fourth-order valence-electron chi connectivity index (χ4n) is 1.12. The summed E-state index contributed by atoms with van der Waals surface area (Å²) in [5, 5.41) is 9.36. The Kier molecular flexibility index (Phi) is 3.12. The van der Waals surface area contributed by atoms with E-state index in [9.17, 15) is 9.90 Å². The molecular weight excluding hydrogens is 168 g/mol. The van der Waals surface area contributed by atoms with Crippen LogP contribution < -0.4 is 0 Å². The average molecular weight is 182 g/mol. The number of aliphatic hydroxyl groups is 1. The number of carbonyl (C=O) groups excluding carboxylic acids is 1. The Balaban J connectivity index is 2.68. The van der Waals surface area contributed by atoms with Gasteiger partial charge >= 0.3 is 5.97 Å². The molecule has 0 amide bonds. The first-order valence-corrected chi connectivity index (χ1v) is 4.41. The fraction of sp³-hybridized carbons (Fsp3) is 0.500. The van der Waals surface area contributed by atoms with Crippen molar-refractivity contribution in [1.29, 1.82) is 0 Å². The molecule has 0 fully saturated rings. The number of aliphatic hydroxyl groups excluding tert-OH is 1. The summed E-state index contributed by atoms with van der Waals surface area (Å²) < 4.78 is 5.03. The van der Waals surface area contributed by atoms with Gasteiger partial charge in [0.05, 0.1) is 5.57 Å². The molecule has 0 radical (unpaired) electrons. The molecule has 13 heavy (non-hydrogen) atoms. The third-order valence-corrected chi connectivity index (χ3v) is 1.98. The minimum absolute atomic E-state index is 0.141. The summed E-state index contributed by atoms with van der Waals surface area (Å²) >= 11 is 0. The third kappa shape index (κ3) is 2.34. The molecule has 1 rings (SSSR count). The van der Waals surface area contributed by atoms with Crippen molar-refractivity contribution in [3.05, 3.63) is 23.5 Å². The van der Waals surface area contributed by atoms with Crippen LogP contribution >= 0.6 is 0 Å². The maximum atomic E-state index is 11.1. The van der Waals surface area contributed by atoms with Crippen molar-refractivity contribution in [3.63, 3.8) is 0 Å². The number of cyclic esters (lactones) is 1. The average Bonchev–Trinajstić information content (AvgIpc) is 2.10. The van der Waals surface area contributed by atoms with Crippen LogP contribution in [0.1, 0.15) is 26.7 Å². The van der Waals surface area contributed by atoms with E-state index in [2.05, 4.69) is 0 Å². The molecular formula is C10H14O3. The minimum Gasteiger partial charge on any atom is -0.512 e. The lowest BCUT2D eigenvalue weighted by atomic mass is 10.1. The maximum absolute atomic E-state index is 11.1. The van der Waals surface area contributed by atoms with Crippen molar-refractivity contribution in [1.82, 2.24) is 0 Å². The van der Waals surface area contributed by atoms with Gasteiger partial charge in [-0.25, -0.2) is 4.79 Å². The van der Waals surface area contributed by atoms with Crippen molar-refractivity contribution in [3.8, 4) is 0 Å². The Morgan fingerprint density at radius 2 is 2.38 bits per heavy atom. The lowest BCUT2D eigenvalue weighted by molar-refractivity contribution is -0.144. The van der Waals surface area contributed by atoms with Gasteiger partial charge in [-0.1, -0.05) is 13.0 Å². The molecule has 0 aromatic heterocycles. The second-order valence-corrected chi connectivity index (χ2v) is 3.06. The van der Waals surface area contributed by atoms with Crippen LogP contribution in [0.2, 0.25) is 0 Å². The zero-order chi connectivity index (χ0) is 9.84. The van der Waals surface area contributed by atoms with Gasteiger partial charge in [0.15, 0.2) is 0 Å². The van der Waals surface area contributed by atoms with E-state index in [-0.39, 0.29) is 11.9 Å². The number of hydrogen-bond acceptors (Lipinski definition) is 3. The quantitative estimate of drug-likeness (QED) is 0.525. The molecule has 1 atom stereocenters. The van der Waals surface area contributed by atoms with Gasteiger partial charge in [-0.05, 0) is 19.4 Å². The van der Waals surface area contributed by atoms with Gasteiger partial charge in [0.25, 0.3) is 0 Å². The Hall–Kier alpha value is -1.25. The van der Waals surface area contributed by atoms with E-state index < -0.39 is 5.97 Å². The number of carbonyl (C=O) groups is 1. The van der Waals surface area contributed by atoms with E-state index in [0.717, 1.165) is 6.42 Å². The second kappa shape index (κ2) is 4.12. The number of rotatable bonds is 2. The van der Waals surface area contributed by atoms with Gasteiger partial charge < -0.3 is 9.84 Å². The van der Waals surface area contributed by atoms with Gasteiger partial charge in [0.2, 0.25) is 0 Å². The maximum Gasteiger partial charge on any atom is 0.337 e. The minimum atomic E-state index is -0.422. The SMILES string of the molecule is CCC=CC1CC(O)=C(C)C(=O)O1. The molecule has 0 aromatic carbocycles. The Morgan fingerprint density at radius 1 is 1.69 bits per heavy atom. The predicted octanol–water partition coefficient (Wildman–Crippen LogP) is 2.10. The van der Waals surface area contributed by atoms with Crippen molar-refractivity contribution >= 4 is 5.97 Å². The zero-order valence-electron chi connectivity index (χ0n) is 7.91. The fourth-order valence-corrected chi connectivity index (χ4v) is 1.12. The molecule has 0 spiro atoms. The molecule has 1 unspecified atom stereocenters. The van der Waals surface area contributed by atoms with E-state index in [1.54, 1.807) is 13.0 Å². The van der Waals surface area contributed by atoms with Gasteiger partial charge in [-0.2, -0.15) is 0 Å². The highest BCUT2D eigenvalue weighted by Crippen LogP contribution is 2.19. The van der Waals surface area contributed by atoms with Crippen LogP contribution in [0.25, 0.3) is 0 Å². The van der Waals surface area contributed by atoms with Crippen molar-refractivity contribution < 1.29 is 14.6 Å². The van der Waals surface area contributed by atoms with Crippen molar-refractivity contribution in [2.75, 3.05) is 0 Å². The smallest absolute Gasteiger partial charge is 0.337 e. The lowest BCUT2D eigenvalue weighted by Crippen LogP contribution is -2.24. The topological polar surface area (TPSA) is 46.5 Å². The summed E-state index contributed by atoms with van der Waals surface area (Å²) in [6.07, 6.45) is 4.73. The van der Waals surface area contributed by atoms with E-state index >= 15 is 0 Å². The first-order valence-electron chi connectivity index (χ1n) is 4.41. The largest absolute Gasteiger partial charge is 0.512 e. The molecule has 1 heterocycles. The zero-order valence-corrected chi connectivity index (χ0v) is 7.91. The second-order valence-electron chi connectivity index (χ2n) is 3.06. The van der Waals surface area contributed by atoms with Gasteiger partial charge in [-0.3, -0.25) is 0 Å². The molecule has 3 heteroatoms. The van der Waals surface area contributed by atoms with E-state index in [0.29, 0.717) is 12.0 Å². The van der Waals surface area contributed by atoms with Gasteiger partial charge in [0, 0.05) is 6.42 Å². The molecule has 1 aliphatic heterocycles. The molecule has 0 aliphatic carbocycles. The highest BCUT2D eigenvalue weighted by atomic mass is 16.5. The molecule has 72 valence electrons. The van der Waals surface area contributed by atoms with Gasteiger partial charge in [-0.15, -0.1) is 0 Å². The lowest BCUT2D eigenvalue weighted by Gasteiger charge is -2.20. The third-order valence-electron chi connectivity index (χ3n) is 1.98. The molecule has 1 aliphatic rings. The van der Waals surface area contributed by atoms with Crippen LogP contribution in [0.15, 0.2) is 23.5 Å². The van der Waals surface area contributed by atoms with E-state index in [4.69, 9.17) is 4.74 Å². The summed E-state index contributed by atoms with van der Waals surface area (Å²) in [5.74, 6) is -0.281. The van der Waals surface area contributed by atoms with Crippen LogP contribution in [0.5, 0.6) is 0 Å². The van der Waals surface area contributed by atoms with Crippen LogP contribution in [-0.4, -0.2) is 17.2 Å². The van der Waals surface area contributed by atoms with Crippen molar-refractivity contribution in [2.24, 2.45) is 0 Å². The monoisotopic (exact) mass is 182 g/mol. The molecule has 3 nitrogen and oxygen atoms in total. The Labute approximate surface area is 77.7 Å². The van der Waals surface area contributed by atoms with E-state index in [1.165, 1.54) is 0 Å². The molecule has 0 aromatic rings. The summed E-state index contributed by atoms with van der Waals surface area (Å²) in [7, 11) is 0. The highest BCUT2D eigenvalue weighted by Gasteiger charge is 2.23. The molecule has 0 bridgehead atoms. The summed E-state index contributed by atoms with van der Waals surface area (Å²) in [6.45, 7) is 3.57. The first-order chi connectivity index (χ1) is 6.15. The normalized spacial score (nSPS) is 23.8. The molecule has 1 N–H and O–H groups in total. The standard InChI is InChI=1S/C10H14O3/c1-3-4-5-8-6-9(11)7(2)10(12)13-8/h4-5,8,11H,3,6H2,1-2H3. The summed E-state index contributed by atoms with van der Waals surface area (Å²) in [4.78, 5) is 11.1. The Bertz CT molecular complexity index is 263. The number of hydrogen-bond donors (Lipinski definition) is 1. The van der Waals surface area contributed by atoms with Crippen LogP contribution in [-0.2, 0) is 9.53 Å². The Morgan fingerprint density at radius 3 is 2.92 bits per heavy atom. The van der Waals surface area contributed by atoms with E-state index in [1.807, 2.05) is 13.0 Å². The number of ether oxygens (including phenoxy) is 1. The predicted molar refractivity (Wildman–Crippen MR) is 49.3 cm³/mol. The summed E-state index contributed by atoms with van der Waals surface area (Å²) in [5.41, 5.74) is 0.321. The number of esters is 1. The molecule has 0 saturated carbocycles. The number of allylic oxidation sites excluding steroid dienone is 1. The van der Waals surface area contributed by atoms with Crippen LogP contribution in [0.4, 0.5) is 0 Å². The first kappa shape index (κ1) is 9.84. The van der Waals surface area contributed by atoms with Gasteiger partial charge in [0.1, 0.15) is 11.9 Å². The molecule has 0 saturated heterocycles. The van der Waals surface area contributed by atoms with Crippen LogP contribution in [0, 0.1) is 0 Å². The highest BCUT2D eigenvalue weighted by molar-refractivity contribution is 5.89. The summed E-state index contributed by atoms with van der Waals surface area (Å²) in [6, 6.07) is 0. The van der Waals surface area contributed by atoms with Crippen molar-refractivity contribution in [2.45, 2.75) is 32.8 Å². The van der Waals surface area contributed by atoms with Crippen LogP contribution in [0.3, 0.4) is 0 Å².